The largest absolute Gasteiger partial charge is 0.492 e. The van der Waals surface area contributed by atoms with E-state index in [9.17, 15) is 4.79 Å². The minimum absolute atomic E-state index is 0.278. The molecule has 1 aliphatic heterocycles. The topological polar surface area (TPSA) is 32.8 Å². The van der Waals surface area contributed by atoms with E-state index in [2.05, 4.69) is 22.9 Å². The maximum absolute atomic E-state index is 11.8. The molecule has 1 fully saturated rings. The highest BCUT2D eigenvalue weighted by molar-refractivity contribution is 5.98. The van der Waals surface area contributed by atoms with Crippen LogP contribution in [0.5, 0.6) is 5.75 Å². The van der Waals surface area contributed by atoms with E-state index < -0.39 is 0 Å². The molecule has 0 unspecified atom stereocenters. The normalized spacial score (nSPS) is 20.3. The molecule has 1 aromatic rings. The van der Waals surface area contributed by atoms with E-state index in [4.69, 9.17) is 4.74 Å². The van der Waals surface area contributed by atoms with Gasteiger partial charge < -0.3 is 9.64 Å². The van der Waals surface area contributed by atoms with Crippen LogP contribution in [0.2, 0.25) is 0 Å². The van der Waals surface area contributed by atoms with Gasteiger partial charge in [0.2, 0.25) is 0 Å². The Bertz CT molecular complexity index is 508. The fraction of sp³-hybridized carbons (Fsp3) is 0.588. The number of nitrogens with zero attached hydrogens (tertiary/aromatic N) is 2. The van der Waals surface area contributed by atoms with Crippen LogP contribution in [-0.2, 0) is 6.42 Å². The van der Waals surface area contributed by atoms with Crippen molar-refractivity contribution in [1.29, 1.82) is 0 Å². The highest BCUT2D eigenvalue weighted by Gasteiger charge is 2.17. The summed E-state index contributed by atoms with van der Waals surface area (Å²) in [6.45, 7) is 6.22. The number of Topliss-reactive ketones (excluding diaryl/α,β-unsaturated/α-hetero) is 1. The highest BCUT2D eigenvalue weighted by Crippen LogP contribution is 2.25. The number of benzene rings is 1. The fourth-order valence-corrected chi connectivity index (χ4v) is 3.08. The summed E-state index contributed by atoms with van der Waals surface area (Å²) < 4.78 is 5.87. The molecule has 0 bridgehead atoms. The number of ether oxygens (including phenoxy) is 1. The van der Waals surface area contributed by atoms with Gasteiger partial charge in [0, 0.05) is 44.7 Å². The molecule has 1 aliphatic carbocycles. The lowest BCUT2D eigenvalue weighted by atomic mass is 9.91. The SMILES string of the molecule is CN1CCN(CCOc2ccc3c(c2)CCCC3=O)CC1. The predicted octanol–water partition coefficient (Wildman–Crippen LogP) is 1.83. The van der Waals surface area contributed by atoms with Gasteiger partial charge in [0.25, 0.3) is 0 Å². The minimum Gasteiger partial charge on any atom is -0.492 e. The van der Waals surface area contributed by atoms with E-state index in [1.54, 1.807) is 0 Å². The van der Waals surface area contributed by atoms with Crippen LogP contribution < -0.4 is 4.74 Å². The van der Waals surface area contributed by atoms with E-state index in [1.165, 1.54) is 0 Å². The van der Waals surface area contributed by atoms with E-state index >= 15 is 0 Å². The smallest absolute Gasteiger partial charge is 0.163 e. The fourth-order valence-electron chi connectivity index (χ4n) is 3.08. The lowest BCUT2D eigenvalue weighted by molar-refractivity contribution is 0.0972. The number of fused-ring (bicyclic) bond motifs is 1. The Morgan fingerprint density at radius 1 is 1.14 bits per heavy atom. The van der Waals surface area contributed by atoms with Gasteiger partial charge in [-0.25, -0.2) is 0 Å². The lowest BCUT2D eigenvalue weighted by Crippen LogP contribution is -2.45. The summed E-state index contributed by atoms with van der Waals surface area (Å²) in [5, 5.41) is 0. The molecule has 1 heterocycles. The quantitative estimate of drug-likeness (QED) is 0.846. The van der Waals surface area contributed by atoms with E-state index in [0.717, 1.165) is 69.0 Å². The number of hydrogen-bond acceptors (Lipinski definition) is 4. The molecule has 4 nitrogen and oxygen atoms in total. The molecule has 3 rings (SSSR count). The van der Waals surface area contributed by atoms with E-state index in [0.29, 0.717) is 6.42 Å². The summed E-state index contributed by atoms with van der Waals surface area (Å²) in [7, 11) is 2.17. The first kappa shape index (κ1) is 14.5. The molecule has 0 aromatic heterocycles. The first-order valence-electron chi connectivity index (χ1n) is 7.92. The van der Waals surface area contributed by atoms with Crippen LogP contribution in [0.25, 0.3) is 0 Å². The molecule has 2 aliphatic rings. The number of aryl methyl sites for hydroxylation is 1. The molecule has 114 valence electrons. The second-order valence-electron chi connectivity index (χ2n) is 6.09. The first-order valence-corrected chi connectivity index (χ1v) is 7.92. The van der Waals surface area contributed by atoms with Crippen molar-refractivity contribution in [3.63, 3.8) is 0 Å². The standard InChI is InChI=1S/C17H24N2O2/c1-18-7-9-19(10-8-18)11-12-21-15-5-6-16-14(13-15)3-2-4-17(16)20/h5-6,13H,2-4,7-12H2,1H3. The molecule has 0 spiro atoms. The summed E-state index contributed by atoms with van der Waals surface area (Å²) in [6, 6.07) is 5.92. The summed E-state index contributed by atoms with van der Waals surface area (Å²) in [5.41, 5.74) is 2.05. The third-order valence-electron chi connectivity index (χ3n) is 4.50. The Morgan fingerprint density at radius 3 is 2.76 bits per heavy atom. The van der Waals surface area contributed by atoms with Crippen molar-refractivity contribution in [2.24, 2.45) is 0 Å². The van der Waals surface area contributed by atoms with Crippen molar-refractivity contribution in [2.75, 3.05) is 46.4 Å². The maximum atomic E-state index is 11.8. The molecule has 0 amide bonds. The number of carbonyl (C=O) groups excluding carboxylic acids is 1. The van der Waals surface area contributed by atoms with Crippen LogP contribution in [0, 0.1) is 0 Å². The lowest BCUT2D eigenvalue weighted by Gasteiger charge is -2.32. The monoisotopic (exact) mass is 288 g/mol. The van der Waals surface area contributed by atoms with Gasteiger partial charge in [-0.1, -0.05) is 0 Å². The summed E-state index contributed by atoms with van der Waals surface area (Å²) in [6.07, 6.45) is 2.66. The van der Waals surface area contributed by atoms with Crippen molar-refractivity contribution in [2.45, 2.75) is 19.3 Å². The average Bonchev–Trinajstić information content (AvgIpc) is 2.49. The second kappa shape index (κ2) is 6.58. The van der Waals surface area contributed by atoms with Crippen LogP contribution >= 0.6 is 0 Å². The number of rotatable bonds is 4. The van der Waals surface area contributed by atoms with Crippen LogP contribution in [0.4, 0.5) is 0 Å². The number of ketones is 1. The Kier molecular flexibility index (Phi) is 4.56. The average molecular weight is 288 g/mol. The number of hydrogen-bond donors (Lipinski definition) is 0. The third-order valence-corrected chi connectivity index (χ3v) is 4.50. The second-order valence-corrected chi connectivity index (χ2v) is 6.09. The van der Waals surface area contributed by atoms with Gasteiger partial charge in [0.1, 0.15) is 12.4 Å². The summed E-state index contributed by atoms with van der Waals surface area (Å²) >= 11 is 0. The molecule has 1 aromatic carbocycles. The van der Waals surface area contributed by atoms with Gasteiger partial charge in [-0.05, 0) is 43.7 Å². The molecular weight excluding hydrogens is 264 g/mol. The predicted molar refractivity (Wildman–Crippen MR) is 83.1 cm³/mol. The van der Waals surface area contributed by atoms with Crippen molar-refractivity contribution < 1.29 is 9.53 Å². The maximum Gasteiger partial charge on any atom is 0.163 e. The van der Waals surface area contributed by atoms with Gasteiger partial charge in [-0.3, -0.25) is 9.69 Å². The molecular formula is C17H24N2O2. The van der Waals surface area contributed by atoms with Gasteiger partial charge in [-0.15, -0.1) is 0 Å². The Labute approximate surface area is 126 Å². The van der Waals surface area contributed by atoms with E-state index in [-0.39, 0.29) is 5.78 Å². The van der Waals surface area contributed by atoms with Crippen LogP contribution in [-0.4, -0.2) is 62.0 Å². The Morgan fingerprint density at radius 2 is 1.95 bits per heavy atom. The van der Waals surface area contributed by atoms with Gasteiger partial charge >= 0.3 is 0 Å². The first-order chi connectivity index (χ1) is 10.2. The summed E-state index contributed by atoms with van der Waals surface area (Å²) in [5.74, 6) is 1.18. The number of carbonyl (C=O) groups is 1. The molecule has 21 heavy (non-hydrogen) atoms. The molecule has 0 radical (unpaired) electrons. The van der Waals surface area contributed by atoms with Gasteiger partial charge in [0.15, 0.2) is 5.78 Å². The van der Waals surface area contributed by atoms with Crippen LogP contribution in [0.1, 0.15) is 28.8 Å². The van der Waals surface area contributed by atoms with Crippen molar-refractivity contribution in [3.8, 4) is 5.75 Å². The summed E-state index contributed by atoms with van der Waals surface area (Å²) in [4.78, 5) is 16.6. The van der Waals surface area contributed by atoms with Crippen molar-refractivity contribution in [1.82, 2.24) is 9.80 Å². The molecule has 0 atom stereocenters. The minimum atomic E-state index is 0.278. The van der Waals surface area contributed by atoms with Crippen molar-refractivity contribution >= 4 is 5.78 Å². The Balaban J connectivity index is 1.50. The molecule has 0 saturated carbocycles. The zero-order chi connectivity index (χ0) is 14.7. The van der Waals surface area contributed by atoms with Crippen LogP contribution in [0.3, 0.4) is 0 Å². The molecule has 1 saturated heterocycles. The Hall–Kier alpha value is -1.39. The zero-order valence-electron chi connectivity index (χ0n) is 12.8. The number of piperazine rings is 1. The zero-order valence-corrected chi connectivity index (χ0v) is 12.8. The third kappa shape index (κ3) is 3.63. The molecule has 4 heteroatoms. The van der Waals surface area contributed by atoms with Gasteiger partial charge in [0.05, 0.1) is 0 Å². The number of likely N-dealkylation sites (N-methyl/N-ethyl adjacent to an activating group) is 1. The molecule has 0 N–H and O–H groups in total. The highest BCUT2D eigenvalue weighted by atomic mass is 16.5. The van der Waals surface area contributed by atoms with Gasteiger partial charge in [-0.2, -0.15) is 0 Å². The van der Waals surface area contributed by atoms with E-state index in [1.807, 2.05) is 12.1 Å². The van der Waals surface area contributed by atoms with Crippen LogP contribution in [0.15, 0.2) is 18.2 Å². The van der Waals surface area contributed by atoms with Crippen molar-refractivity contribution in [3.05, 3.63) is 29.3 Å².